The molecule has 0 unspecified atom stereocenters. The van der Waals surface area contributed by atoms with Gasteiger partial charge in [0.1, 0.15) is 0 Å². The first kappa shape index (κ1) is 18.2. The first-order valence-electron chi connectivity index (χ1n) is 9.11. The van der Waals surface area contributed by atoms with Crippen molar-refractivity contribution in [1.29, 1.82) is 0 Å². The number of hydrogen-bond donors (Lipinski definition) is 0. The van der Waals surface area contributed by atoms with Crippen LogP contribution in [-0.2, 0) is 18.3 Å². The molecule has 1 aliphatic rings. The molecule has 0 spiro atoms. The Labute approximate surface area is 155 Å². The van der Waals surface area contributed by atoms with Gasteiger partial charge in [-0.1, -0.05) is 17.7 Å². The summed E-state index contributed by atoms with van der Waals surface area (Å²) in [6.07, 6.45) is 4.34. The van der Waals surface area contributed by atoms with E-state index >= 15 is 0 Å². The predicted molar refractivity (Wildman–Crippen MR) is 102 cm³/mol. The molecule has 0 aliphatic carbocycles. The van der Waals surface area contributed by atoms with Crippen molar-refractivity contribution in [3.8, 4) is 0 Å². The van der Waals surface area contributed by atoms with Crippen molar-refractivity contribution in [1.82, 2.24) is 14.4 Å². The summed E-state index contributed by atoms with van der Waals surface area (Å²) in [6, 6.07) is 6.08. The number of amides is 2. The van der Waals surface area contributed by atoms with Gasteiger partial charge in [-0.25, -0.2) is 0 Å². The lowest BCUT2D eigenvalue weighted by molar-refractivity contribution is -0.131. The Bertz CT molecular complexity index is 807. The van der Waals surface area contributed by atoms with Gasteiger partial charge in [0.2, 0.25) is 5.91 Å². The van der Waals surface area contributed by atoms with E-state index in [0.29, 0.717) is 32.6 Å². The maximum Gasteiger partial charge on any atom is 0.254 e. The molecule has 5 nitrogen and oxygen atoms in total. The number of piperazine rings is 1. The van der Waals surface area contributed by atoms with Gasteiger partial charge in [0.15, 0.2) is 0 Å². The molecule has 0 N–H and O–H groups in total. The average molecular weight is 353 g/mol. The number of rotatable bonds is 3. The van der Waals surface area contributed by atoms with Gasteiger partial charge in [-0.05, 0) is 43.5 Å². The van der Waals surface area contributed by atoms with Crippen molar-refractivity contribution < 1.29 is 9.59 Å². The molecule has 138 valence electrons. The molecule has 26 heavy (non-hydrogen) atoms. The predicted octanol–water partition coefficient (Wildman–Crippen LogP) is 2.48. The van der Waals surface area contributed by atoms with E-state index in [9.17, 15) is 9.59 Å². The molecule has 1 aliphatic heterocycles. The molecule has 5 heteroatoms. The largest absolute Gasteiger partial charge is 0.357 e. The summed E-state index contributed by atoms with van der Waals surface area (Å²) in [5, 5.41) is 0. The van der Waals surface area contributed by atoms with E-state index in [4.69, 9.17) is 0 Å². The van der Waals surface area contributed by atoms with Gasteiger partial charge in [0.25, 0.3) is 5.91 Å². The molecule has 0 atom stereocenters. The Hall–Kier alpha value is -2.56. The highest BCUT2D eigenvalue weighted by Crippen LogP contribution is 2.19. The quantitative estimate of drug-likeness (QED) is 0.851. The second kappa shape index (κ2) is 7.36. The molecule has 1 aromatic heterocycles. The van der Waals surface area contributed by atoms with Crippen LogP contribution >= 0.6 is 0 Å². The number of aryl methyl sites for hydroxylation is 4. The smallest absolute Gasteiger partial charge is 0.254 e. The van der Waals surface area contributed by atoms with Crippen molar-refractivity contribution in [3.05, 3.63) is 58.4 Å². The third-order valence-corrected chi connectivity index (χ3v) is 5.06. The van der Waals surface area contributed by atoms with Crippen LogP contribution in [0.15, 0.2) is 30.6 Å². The summed E-state index contributed by atoms with van der Waals surface area (Å²) in [7, 11) is 1.95. The average Bonchev–Trinajstić information content (AvgIpc) is 2.98. The number of carbonyl (C=O) groups excluding carboxylic acids is 2. The molecule has 1 aromatic carbocycles. The van der Waals surface area contributed by atoms with Gasteiger partial charge in [-0.15, -0.1) is 0 Å². The number of nitrogens with zero attached hydrogens (tertiary/aromatic N) is 3. The van der Waals surface area contributed by atoms with Crippen LogP contribution in [0.3, 0.4) is 0 Å². The second-order valence-electron chi connectivity index (χ2n) is 7.31. The van der Waals surface area contributed by atoms with Gasteiger partial charge < -0.3 is 14.4 Å². The minimum atomic E-state index is 0.0789. The fraction of sp³-hybridized carbons (Fsp3) is 0.429. The Morgan fingerprint density at radius 2 is 1.54 bits per heavy atom. The Morgan fingerprint density at radius 3 is 2.08 bits per heavy atom. The standard InChI is InChI=1S/C21H27N3O2/c1-15-11-16(2)20(17(3)12-15)21(26)24-9-7-23(8-10-24)19(25)13-18-5-6-22(4)14-18/h5-6,11-12,14H,7-10,13H2,1-4H3. The molecule has 2 amide bonds. The molecule has 0 radical (unpaired) electrons. The summed E-state index contributed by atoms with van der Waals surface area (Å²) in [4.78, 5) is 29.2. The summed E-state index contributed by atoms with van der Waals surface area (Å²) in [5.74, 6) is 0.209. The molecular weight excluding hydrogens is 326 g/mol. The number of benzene rings is 1. The van der Waals surface area contributed by atoms with Crippen LogP contribution in [0.4, 0.5) is 0 Å². The lowest BCUT2D eigenvalue weighted by Crippen LogP contribution is -2.51. The van der Waals surface area contributed by atoms with E-state index < -0.39 is 0 Å². The Balaban J connectivity index is 1.61. The van der Waals surface area contributed by atoms with Crippen LogP contribution in [0, 0.1) is 20.8 Å². The normalized spacial score (nSPS) is 14.6. The monoisotopic (exact) mass is 353 g/mol. The zero-order chi connectivity index (χ0) is 18.8. The van der Waals surface area contributed by atoms with E-state index in [1.165, 1.54) is 5.56 Å². The van der Waals surface area contributed by atoms with Crippen molar-refractivity contribution >= 4 is 11.8 Å². The van der Waals surface area contributed by atoms with Gasteiger partial charge in [0, 0.05) is 51.2 Å². The summed E-state index contributed by atoms with van der Waals surface area (Å²) >= 11 is 0. The minimum absolute atomic E-state index is 0.0789. The van der Waals surface area contributed by atoms with Crippen LogP contribution < -0.4 is 0 Å². The molecular formula is C21H27N3O2. The Kier molecular flexibility index (Phi) is 5.16. The highest BCUT2D eigenvalue weighted by molar-refractivity contribution is 5.97. The molecule has 1 fully saturated rings. The third-order valence-electron chi connectivity index (χ3n) is 5.06. The van der Waals surface area contributed by atoms with E-state index in [0.717, 1.165) is 22.3 Å². The molecule has 0 bridgehead atoms. The summed E-state index contributed by atoms with van der Waals surface area (Å²) in [5.41, 5.74) is 5.06. The number of aromatic nitrogens is 1. The zero-order valence-electron chi connectivity index (χ0n) is 16.1. The maximum absolute atomic E-state index is 12.9. The lowest BCUT2D eigenvalue weighted by Gasteiger charge is -2.35. The van der Waals surface area contributed by atoms with Crippen molar-refractivity contribution in [2.45, 2.75) is 27.2 Å². The van der Waals surface area contributed by atoms with Crippen LogP contribution in [0.5, 0.6) is 0 Å². The minimum Gasteiger partial charge on any atom is -0.357 e. The second-order valence-corrected chi connectivity index (χ2v) is 7.31. The van der Waals surface area contributed by atoms with Crippen molar-refractivity contribution in [3.63, 3.8) is 0 Å². The topological polar surface area (TPSA) is 45.6 Å². The molecule has 2 aromatic rings. The fourth-order valence-corrected chi connectivity index (χ4v) is 3.79. The summed E-state index contributed by atoms with van der Waals surface area (Å²) in [6.45, 7) is 8.41. The van der Waals surface area contributed by atoms with Crippen molar-refractivity contribution in [2.75, 3.05) is 26.2 Å². The molecule has 3 rings (SSSR count). The fourth-order valence-electron chi connectivity index (χ4n) is 3.79. The number of hydrogen-bond acceptors (Lipinski definition) is 2. The van der Waals surface area contributed by atoms with Crippen LogP contribution in [-0.4, -0.2) is 52.4 Å². The summed E-state index contributed by atoms with van der Waals surface area (Å²) < 4.78 is 1.95. The van der Waals surface area contributed by atoms with Crippen LogP contribution in [0.25, 0.3) is 0 Å². The van der Waals surface area contributed by atoms with Crippen molar-refractivity contribution in [2.24, 2.45) is 7.05 Å². The van der Waals surface area contributed by atoms with Crippen LogP contribution in [0.1, 0.15) is 32.6 Å². The van der Waals surface area contributed by atoms with E-state index in [1.54, 1.807) is 0 Å². The number of carbonyl (C=O) groups is 2. The SMILES string of the molecule is Cc1cc(C)c(C(=O)N2CCN(C(=O)Cc3ccn(C)c3)CC2)c(C)c1. The Morgan fingerprint density at radius 1 is 0.962 bits per heavy atom. The lowest BCUT2D eigenvalue weighted by atomic mass is 9.98. The highest BCUT2D eigenvalue weighted by atomic mass is 16.2. The van der Waals surface area contributed by atoms with Gasteiger partial charge in [-0.3, -0.25) is 9.59 Å². The van der Waals surface area contributed by atoms with Crippen LogP contribution in [0.2, 0.25) is 0 Å². The van der Waals surface area contributed by atoms with E-state index in [-0.39, 0.29) is 11.8 Å². The third kappa shape index (κ3) is 3.82. The van der Waals surface area contributed by atoms with E-state index in [1.807, 2.05) is 60.6 Å². The highest BCUT2D eigenvalue weighted by Gasteiger charge is 2.26. The molecule has 1 saturated heterocycles. The van der Waals surface area contributed by atoms with E-state index in [2.05, 4.69) is 12.1 Å². The molecule has 2 heterocycles. The van der Waals surface area contributed by atoms with Gasteiger partial charge in [-0.2, -0.15) is 0 Å². The maximum atomic E-state index is 12.9. The molecule has 0 saturated carbocycles. The first-order chi connectivity index (χ1) is 12.3. The zero-order valence-corrected chi connectivity index (χ0v) is 16.1. The first-order valence-corrected chi connectivity index (χ1v) is 9.11. The van der Waals surface area contributed by atoms with Gasteiger partial charge in [0.05, 0.1) is 6.42 Å². The van der Waals surface area contributed by atoms with Gasteiger partial charge >= 0.3 is 0 Å².